The van der Waals surface area contributed by atoms with Gasteiger partial charge in [0.1, 0.15) is 4.70 Å². The fraction of sp³-hybridized carbons (Fsp3) is 0.381. The molecule has 1 saturated heterocycles. The van der Waals surface area contributed by atoms with Crippen LogP contribution >= 0.6 is 11.3 Å². The maximum atomic E-state index is 12.5. The highest BCUT2D eigenvalue weighted by Gasteiger charge is 2.27. The number of nitrogens with zero attached hydrogens (tertiary/aromatic N) is 5. The Labute approximate surface area is 171 Å². The summed E-state index contributed by atoms with van der Waals surface area (Å²) >= 11 is 1.45. The summed E-state index contributed by atoms with van der Waals surface area (Å²) in [6.07, 6.45) is 1.48. The molecule has 1 unspecified atom stereocenters. The van der Waals surface area contributed by atoms with E-state index in [2.05, 4.69) is 15.1 Å². The lowest BCUT2D eigenvalue weighted by molar-refractivity contribution is 0.0560. The Morgan fingerprint density at radius 2 is 1.93 bits per heavy atom. The molecule has 0 amide bonds. The van der Waals surface area contributed by atoms with Crippen molar-refractivity contribution in [2.75, 3.05) is 13.1 Å². The molecule has 29 heavy (non-hydrogen) atoms. The number of aliphatic hydroxyl groups excluding tert-OH is 1. The fourth-order valence-electron chi connectivity index (χ4n) is 4.30. The first kappa shape index (κ1) is 18.5. The summed E-state index contributed by atoms with van der Waals surface area (Å²) in [7, 11) is 1.74. The molecule has 1 N–H and O–H groups in total. The van der Waals surface area contributed by atoms with E-state index in [4.69, 9.17) is 0 Å². The Balaban J connectivity index is 1.35. The molecule has 0 spiro atoms. The minimum absolute atomic E-state index is 0.0304. The van der Waals surface area contributed by atoms with Gasteiger partial charge in [-0.05, 0) is 48.9 Å². The molecule has 1 fully saturated rings. The first-order valence-electron chi connectivity index (χ1n) is 9.89. The van der Waals surface area contributed by atoms with Crippen molar-refractivity contribution in [3.05, 3.63) is 63.5 Å². The molecule has 0 aliphatic carbocycles. The van der Waals surface area contributed by atoms with Gasteiger partial charge < -0.3 is 5.11 Å². The Hall–Kier alpha value is -2.55. The second-order valence-corrected chi connectivity index (χ2v) is 8.64. The average molecular weight is 410 g/mol. The lowest BCUT2D eigenvalue weighted by Gasteiger charge is -2.34. The maximum absolute atomic E-state index is 12.5. The molecule has 7 nitrogen and oxygen atoms in total. The van der Waals surface area contributed by atoms with Gasteiger partial charge in [0.2, 0.25) is 5.78 Å². The highest BCUT2D eigenvalue weighted by molar-refractivity contribution is 7.17. The summed E-state index contributed by atoms with van der Waals surface area (Å²) in [4.78, 5) is 14.8. The zero-order chi connectivity index (χ0) is 20.0. The largest absolute Gasteiger partial charge is 0.388 e. The van der Waals surface area contributed by atoms with E-state index in [9.17, 15) is 9.90 Å². The van der Waals surface area contributed by atoms with Gasteiger partial charge in [0.25, 0.3) is 5.56 Å². The fourth-order valence-corrected chi connectivity index (χ4v) is 5.16. The molecule has 1 aliphatic rings. The molecule has 5 rings (SSSR count). The van der Waals surface area contributed by atoms with Gasteiger partial charge in [-0.15, -0.1) is 21.5 Å². The Kier molecular flexibility index (Phi) is 4.69. The van der Waals surface area contributed by atoms with Gasteiger partial charge in [0, 0.05) is 7.05 Å². The van der Waals surface area contributed by atoms with E-state index in [1.54, 1.807) is 11.6 Å². The van der Waals surface area contributed by atoms with Gasteiger partial charge in [-0.2, -0.15) is 0 Å². The predicted octanol–water partition coefficient (Wildman–Crippen LogP) is 2.59. The number of thiophene rings is 1. The third kappa shape index (κ3) is 3.17. The van der Waals surface area contributed by atoms with Crippen molar-refractivity contribution in [3.63, 3.8) is 0 Å². The molecule has 1 atom stereocenters. The molecule has 8 heteroatoms. The van der Waals surface area contributed by atoms with Crippen LogP contribution < -0.4 is 5.56 Å². The number of piperidine rings is 1. The molecular formula is C21H23N5O2S. The van der Waals surface area contributed by atoms with E-state index in [0.717, 1.165) is 47.5 Å². The van der Waals surface area contributed by atoms with Gasteiger partial charge in [-0.3, -0.25) is 18.7 Å². The SMILES string of the molecule is Cn1c(=O)c2sccc2n2c(CN3CCC(C(O)c4ccccc4)CC3)nnc12. The second-order valence-electron chi connectivity index (χ2n) is 7.72. The molecule has 0 radical (unpaired) electrons. The monoisotopic (exact) mass is 409 g/mol. The van der Waals surface area contributed by atoms with Crippen molar-refractivity contribution in [1.82, 2.24) is 24.1 Å². The van der Waals surface area contributed by atoms with Crippen LogP contribution in [0, 0.1) is 5.92 Å². The zero-order valence-electron chi connectivity index (χ0n) is 16.2. The van der Waals surface area contributed by atoms with E-state index in [0.29, 0.717) is 12.3 Å². The molecule has 0 bridgehead atoms. The maximum Gasteiger partial charge on any atom is 0.272 e. The number of hydrogen-bond acceptors (Lipinski definition) is 6. The smallest absolute Gasteiger partial charge is 0.272 e. The number of aryl methyl sites for hydroxylation is 1. The standard InChI is InChI=1S/C21H23N5O2S/c1-24-20(28)19-16(9-12-29-19)26-17(22-23-21(24)26)13-25-10-7-15(8-11-25)18(27)14-5-3-2-4-6-14/h2-6,9,12,15,18,27H,7-8,10-11,13H2,1H3. The molecular weight excluding hydrogens is 386 g/mol. The van der Waals surface area contributed by atoms with Crippen molar-refractivity contribution >= 4 is 27.3 Å². The summed E-state index contributed by atoms with van der Waals surface area (Å²) in [5, 5.41) is 21.3. The first-order chi connectivity index (χ1) is 14.1. The number of aliphatic hydroxyl groups is 1. The Morgan fingerprint density at radius 1 is 1.17 bits per heavy atom. The van der Waals surface area contributed by atoms with Gasteiger partial charge in [-0.25, -0.2) is 0 Å². The molecule has 1 aromatic carbocycles. The number of hydrogen-bond donors (Lipinski definition) is 1. The second kappa shape index (κ2) is 7.37. The van der Waals surface area contributed by atoms with E-state index < -0.39 is 6.10 Å². The summed E-state index contributed by atoms with van der Waals surface area (Å²) in [5.74, 6) is 1.69. The molecule has 4 aromatic rings. The highest BCUT2D eigenvalue weighted by atomic mass is 32.1. The highest BCUT2D eigenvalue weighted by Crippen LogP contribution is 2.31. The third-order valence-electron chi connectivity index (χ3n) is 5.98. The van der Waals surface area contributed by atoms with E-state index in [1.807, 2.05) is 46.2 Å². The van der Waals surface area contributed by atoms with Crippen LogP contribution in [-0.4, -0.2) is 42.3 Å². The van der Waals surface area contributed by atoms with Crippen molar-refractivity contribution in [1.29, 1.82) is 0 Å². The molecule has 4 heterocycles. The van der Waals surface area contributed by atoms with Gasteiger partial charge in [0.15, 0.2) is 5.82 Å². The average Bonchev–Trinajstić information content (AvgIpc) is 3.40. The van der Waals surface area contributed by atoms with Crippen molar-refractivity contribution in [2.24, 2.45) is 13.0 Å². The summed E-state index contributed by atoms with van der Waals surface area (Å²) < 4.78 is 4.29. The van der Waals surface area contributed by atoms with Crippen LogP contribution in [0.4, 0.5) is 0 Å². The van der Waals surface area contributed by atoms with Crippen LogP contribution in [0.1, 0.15) is 30.3 Å². The van der Waals surface area contributed by atoms with Crippen molar-refractivity contribution in [2.45, 2.75) is 25.5 Å². The van der Waals surface area contributed by atoms with E-state index in [1.165, 1.54) is 11.3 Å². The minimum Gasteiger partial charge on any atom is -0.388 e. The van der Waals surface area contributed by atoms with Crippen LogP contribution in [0.3, 0.4) is 0 Å². The Morgan fingerprint density at radius 3 is 2.69 bits per heavy atom. The quantitative estimate of drug-likeness (QED) is 0.561. The predicted molar refractivity (Wildman–Crippen MR) is 113 cm³/mol. The number of fused-ring (bicyclic) bond motifs is 3. The third-order valence-corrected chi connectivity index (χ3v) is 6.87. The zero-order valence-corrected chi connectivity index (χ0v) is 17.0. The summed E-state index contributed by atoms with van der Waals surface area (Å²) in [6.45, 7) is 2.49. The molecule has 150 valence electrons. The number of aromatic nitrogens is 4. The molecule has 3 aromatic heterocycles. The lowest BCUT2D eigenvalue weighted by atomic mass is 9.87. The molecule has 0 saturated carbocycles. The van der Waals surface area contributed by atoms with Crippen molar-refractivity contribution in [3.8, 4) is 0 Å². The summed E-state index contributed by atoms with van der Waals surface area (Å²) in [6, 6.07) is 11.9. The number of rotatable bonds is 4. The van der Waals surface area contributed by atoms with Crippen LogP contribution in [0.25, 0.3) is 16.0 Å². The van der Waals surface area contributed by atoms with Crippen molar-refractivity contribution < 1.29 is 5.11 Å². The van der Waals surface area contributed by atoms with Gasteiger partial charge in [0.05, 0.1) is 18.2 Å². The Bertz CT molecular complexity index is 1200. The minimum atomic E-state index is -0.410. The van der Waals surface area contributed by atoms with Crippen LogP contribution in [0.2, 0.25) is 0 Å². The van der Waals surface area contributed by atoms with E-state index >= 15 is 0 Å². The van der Waals surface area contributed by atoms with E-state index in [-0.39, 0.29) is 11.5 Å². The van der Waals surface area contributed by atoms with Crippen LogP contribution in [0.5, 0.6) is 0 Å². The number of benzene rings is 1. The normalized spacial score (nSPS) is 17.3. The lowest BCUT2D eigenvalue weighted by Crippen LogP contribution is -2.35. The van der Waals surface area contributed by atoms with Gasteiger partial charge in [-0.1, -0.05) is 30.3 Å². The number of likely N-dealkylation sites (tertiary alicyclic amines) is 1. The first-order valence-corrected chi connectivity index (χ1v) is 10.8. The topological polar surface area (TPSA) is 75.7 Å². The molecule has 1 aliphatic heterocycles. The van der Waals surface area contributed by atoms with Gasteiger partial charge >= 0.3 is 0 Å². The summed E-state index contributed by atoms with van der Waals surface area (Å²) in [5.41, 5.74) is 1.84. The van der Waals surface area contributed by atoms with Crippen LogP contribution in [-0.2, 0) is 13.6 Å². The van der Waals surface area contributed by atoms with Crippen LogP contribution in [0.15, 0.2) is 46.6 Å².